The van der Waals surface area contributed by atoms with E-state index in [2.05, 4.69) is 51.2 Å². The van der Waals surface area contributed by atoms with Crippen LogP contribution in [0.4, 0.5) is 0 Å². The number of hydrogen-bond donors (Lipinski definition) is 1. The standard InChI is InChI=1S/C13H30N2S/c1-12(2)9-14-10-13(3,4)11-15(5)7-8-16-6/h12,14H,7-11H2,1-6H3. The minimum absolute atomic E-state index is 0.363. The Morgan fingerprint density at radius 3 is 2.44 bits per heavy atom. The molecule has 0 aliphatic rings. The van der Waals surface area contributed by atoms with Gasteiger partial charge in [0.25, 0.3) is 0 Å². The second kappa shape index (κ2) is 8.37. The molecule has 0 aliphatic carbocycles. The summed E-state index contributed by atoms with van der Waals surface area (Å²) in [5.41, 5.74) is 0.363. The monoisotopic (exact) mass is 246 g/mol. The first kappa shape index (κ1) is 16.3. The molecule has 2 nitrogen and oxygen atoms in total. The van der Waals surface area contributed by atoms with Gasteiger partial charge in [0.05, 0.1) is 0 Å². The maximum absolute atomic E-state index is 3.55. The molecule has 3 heteroatoms. The van der Waals surface area contributed by atoms with E-state index in [1.807, 2.05) is 11.8 Å². The molecule has 0 bridgehead atoms. The molecule has 0 aliphatic heterocycles. The normalized spacial score (nSPS) is 12.8. The number of thioether (sulfide) groups is 1. The molecule has 0 atom stereocenters. The second-order valence-electron chi connectivity index (χ2n) is 5.92. The first-order valence-corrected chi connectivity index (χ1v) is 7.65. The molecule has 98 valence electrons. The predicted molar refractivity (Wildman–Crippen MR) is 77.4 cm³/mol. The third-order valence-corrected chi connectivity index (χ3v) is 3.12. The van der Waals surface area contributed by atoms with Crippen molar-refractivity contribution in [3.05, 3.63) is 0 Å². The molecule has 16 heavy (non-hydrogen) atoms. The van der Waals surface area contributed by atoms with E-state index in [1.165, 1.54) is 18.8 Å². The summed E-state index contributed by atoms with van der Waals surface area (Å²) in [7, 11) is 2.22. The van der Waals surface area contributed by atoms with Crippen LogP contribution in [0.3, 0.4) is 0 Å². The summed E-state index contributed by atoms with van der Waals surface area (Å²) < 4.78 is 0. The average molecular weight is 246 g/mol. The Hall–Kier alpha value is 0.270. The zero-order valence-corrected chi connectivity index (χ0v) is 12.8. The summed E-state index contributed by atoms with van der Waals surface area (Å²) in [5, 5.41) is 3.55. The maximum Gasteiger partial charge on any atom is 0.00694 e. The van der Waals surface area contributed by atoms with Gasteiger partial charge in [0.1, 0.15) is 0 Å². The maximum atomic E-state index is 3.55. The topological polar surface area (TPSA) is 15.3 Å². The molecule has 0 radical (unpaired) electrons. The van der Waals surface area contributed by atoms with Crippen LogP contribution in [-0.2, 0) is 0 Å². The molecule has 0 aromatic carbocycles. The third kappa shape index (κ3) is 9.49. The van der Waals surface area contributed by atoms with Crippen molar-refractivity contribution in [2.75, 3.05) is 45.2 Å². The predicted octanol–water partition coefficient (Wildman–Crippen LogP) is 2.55. The lowest BCUT2D eigenvalue weighted by molar-refractivity contribution is 0.210. The van der Waals surface area contributed by atoms with Crippen LogP contribution in [0.2, 0.25) is 0 Å². The van der Waals surface area contributed by atoms with Crippen molar-refractivity contribution in [1.29, 1.82) is 0 Å². The molecule has 0 rings (SSSR count). The SMILES string of the molecule is CSCCN(C)CC(C)(C)CNCC(C)C. The van der Waals surface area contributed by atoms with E-state index < -0.39 is 0 Å². The van der Waals surface area contributed by atoms with Gasteiger partial charge in [-0.25, -0.2) is 0 Å². The Morgan fingerprint density at radius 2 is 1.94 bits per heavy atom. The van der Waals surface area contributed by atoms with Gasteiger partial charge in [0.2, 0.25) is 0 Å². The second-order valence-corrected chi connectivity index (χ2v) is 6.91. The van der Waals surface area contributed by atoms with Crippen LogP contribution in [0.15, 0.2) is 0 Å². The number of nitrogens with zero attached hydrogens (tertiary/aromatic N) is 1. The van der Waals surface area contributed by atoms with Crippen molar-refractivity contribution in [3.8, 4) is 0 Å². The molecule has 0 saturated carbocycles. The molecule has 0 amide bonds. The fraction of sp³-hybridized carbons (Fsp3) is 1.00. The van der Waals surface area contributed by atoms with Crippen molar-refractivity contribution >= 4 is 11.8 Å². The molecular formula is C13H30N2S. The fourth-order valence-corrected chi connectivity index (χ4v) is 2.31. The lowest BCUT2D eigenvalue weighted by Gasteiger charge is -2.30. The van der Waals surface area contributed by atoms with Crippen molar-refractivity contribution in [3.63, 3.8) is 0 Å². The first-order chi connectivity index (χ1) is 7.37. The van der Waals surface area contributed by atoms with Gasteiger partial charge in [0.15, 0.2) is 0 Å². The minimum atomic E-state index is 0.363. The number of nitrogens with one attached hydrogen (secondary N) is 1. The summed E-state index contributed by atoms with van der Waals surface area (Å²) in [6.45, 7) is 13.8. The summed E-state index contributed by atoms with van der Waals surface area (Å²) in [5.74, 6) is 1.97. The van der Waals surface area contributed by atoms with E-state index in [1.54, 1.807) is 0 Å². The fourth-order valence-electron chi connectivity index (χ4n) is 1.81. The lowest BCUT2D eigenvalue weighted by Crippen LogP contribution is -2.40. The molecule has 0 saturated heterocycles. The van der Waals surface area contributed by atoms with E-state index in [4.69, 9.17) is 0 Å². The van der Waals surface area contributed by atoms with Crippen LogP contribution in [0.25, 0.3) is 0 Å². The van der Waals surface area contributed by atoms with Crippen LogP contribution in [0.5, 0.6) is 0 Å². The Kier molecular flexibility index (Phi) is 8.52. The van der Waals surface area contributed by atoms with E-state index >= 15 is 0 Å². The van der Waals surface area contributed by atoms with Crippen molar-refractivity contribution < 1.29 is 0 Å². The van der Waals surface area contributed by atoms with E-state index in [0.717, 1.165) is 19.0 Å². The smallest absolute Gasteiger partial charge is 0.00694 e. The Balaban J connectivity index is 3.75. The molecule has 1 N–H and O–H groups in total. The molecule has 0 fully saturated rings. The molecule has 0 unspecified atom stereocenters. The lowest BCUT2D eigenvalue weighted by atomic mass is 9.92. The Morgan fingerprint density at radius 1 is 1.31 bits per heavy atom. The third-order valence-electron chi connectivity index (χ3n) is 2.53. The Bertz CT molecular complexity index is 169. The molecule has 0 spiro atoms. The first-order valence-electron chi connectivity index (χ1n) is 6.25. The summed E-state index contributed by atoms with van der Waals surface area (Å²) in [6.07, 6.45) is 2.17. The van der Waals surface area contributed by atoms with Crippen LogP contribution in [0.1, 0.15) is 27.7 Å². The average Bonchev–Trinajstić information content (AvgIpc) is 2.12. The number of rotatable bonds is 9. The van der Waals surface area contributed by atoms with Crippen LogP contribution >= 0.6 is 11.8 Å². The highest BCUT2D eigenvalue weighted by Gasteiger charge is 2.19. The van der Waals surface area contributed by atoms with Gasteiger partial charge in [-0.05, 0) is 31.2 Å². The summed E-state index contributed by atoms with van der Waals surface area (Å²) in [6, 6.07) is 0. The van der Waals surface area contributed by atoms with Gasteiger partial charge in [-0.2, -0.15) is 11.8 Å². The van der Waals surface area contributed by atoms with Crippen LogP contribution in [-0.4, -0.2) is 50.1 Å². The molecular weight excluding hydrogens is 216 g/mol. The van der Waals surface area contributed by atoms with E-state index in [0.29, 0.717) is 5.41 Å². The largest absolute Gasteiger partial charge is 0.316 e. The van der Waals surface area contributed by atoms with Gasteiger partial charge < -0.3 is 10.2 Å². The molecule has 0 aromatic heterocycles. The summed E-state index contributed by atoms with van der Waals surface area (Å²) >= 11 is 1.92. The highest BCUT2D eigenvalue weighted by atomic mass is 32.2. The van der Waals surface area contributed by atoms with Gasteiger partial charge in [-0.15, -0.1) is 0 Å². The molecule has 0 aromatic rings. The van der Waals surface area contributed by atoms with Gasteiger partial charge in [-0.1, -0.05) is 27.7 Å². The van der Waals surface area contributed by atoms with Crippen molar-refractivity contribution in [1.82, 2.24) is 10.2 Å². The molecule has 0 heterocycles. The quantitative estimate of drug-likeness (QED) is 0.673. The van der Waals surface area contributed by atoms with Crippen LogP contribution < -0.4 is 5.32 Å². The zero-order chi connectivity index (χ0) is 12.6. The van der Waals surface area contributed by atoms with Crippen molar-refractivity contribution in [2.45, 2.75) is 27.7 Å². The minimum Gasteiger partial charge on any atom is -0.316 e. The highest BCUT2D eigenvalue weighted by Crippen LogP contribution is 2.15. The highest BCUT2D eigenvalue weighted by molar-refractivity contribution is 7.98. The number of hydrogen-bond acceptors (Lipinski definition) is 3. The van der Waals surface area contributed by atoms with E-state index in [-0.39, 0.29) is 0 Å². The van der Waals surface area contributed by atoms with Gasteiger partial charge in [-0.3, -0.25) is 0 Å². The van der Waals surface area contributed by atoms with Crippen LogP contribution in [0, 0.1) is 11.3 Å². The van der Waals surface area contributed by atoms with Crippen molar-refractivity contribution in [2.24, 2.45) is 11.3 Å². The van der Waals surface area contributed by atoms with E-state index in [9.17, 15) is 0 Å². The summed E-state index contributed by atoms with van der Waals surface area (Å²) in [4.78, 5) is 2.44. The Labute approximate surface area is 107 Å². The van der Waals surface area contributed by atoms with Gasteiger partial charge in [0, 0.05) is 25.4 Å². The zero-order valence-electron chi connectivity index (χ0n) is 12.0. The van der Waals surface area contributed by atoms with Gasteiger partial charge >= 0.3 is 0 Å².